The molecule has 132 valence electrons. The van der Waals surface area contributed by atoms with Crippen molar-refractivity contribution in [3.05, 3.63) is 0 Å². The van der Waals surface area contributed by atoms with Crippen LogP contribution < -0.4 is 0 Å². The highest BCUT2D eigenvalue weighted by Gasteiger charge is 2.66. The van der Waals surface area contributed by atoms with Gasteiger partial charge in [-0.2, -0.15) is 0 Å². The van der Waals surface area contributed by atoms with Gasteiger partial charge in [0.15, 0.2) is 0 Å². The zero-order valence-corrected chi connectivity index (χ0v) is 16.6. The SMILES string of the molecule is C[C@H]1C(O)CC[C@]2(C)C1CC[C@@]13C[C@@H](CCC12)[C@@](O)(COI)C3. The van der Waals surface area contributed by atoms with Crippen LogP contribution in [0.2, 0.25) is 0 Å². The van der Waals surface area contributed by atoms with Crippen molar-refractivity contribution in [3.63, 3.8) is 0 Å². The summed E-state index contributed by atoms with van der Waals surface area (Å²) in [5.74, 6) is 2.25. The lowest BCUT2D eigenvalue weighted by Crippen LogP contribution is -2.55. The molecule has 4 aliphatic rings. The van der Waals surface area contributed by atoms with Crippen molar-refractivity contribution < 1.29 is 13.3 Å². The number of aliphatic hydroxyl groups is 2. The van der Waals surface area contributed by atoms with Crippen LogP contribution in [0.25, 0.3) is 0 Å². The summed E-state index contributed by atoms with van der Waals surface area (Å²) in [6.07, 6.45) is 9.07. The molecule has 0 saturated heterocycles. The second-order valence-electron chi connectivity index (χ2n) is 9.54. The van der Waals surface area contributed by atoms with Gasteiger partial charge < -0.3 is 13.3 Å². The predicted molar refractivity (Wildman–Crippen MR) is 98.0 cm³/mol. The molecule has 2 N–H and O–H groups in total. The minimum Gasteiger partial charge on any atom is -0.393 e. The van der Waals surface area contributed by atoms with Crippen molar-refractivity contribution in [3.8, 4) is 0 Å². The maximum atomic E-state index is 11.2. The van der Waals surface area contributed by atoms with Crippen molar-refractivity contribution in [2.75, 3.05) is 6.61 Å². The molecule has 0 aromatic carbocycles. The van der Waals surface area contributed by atoms with Gasteiger partial charge in [0.2, 0.25) is 0 Å². The van der Waals surface area contributed by atoms with Crippen LogP contribution >= 0.6 is 23.0 Å². The molecule has 4 aliphatic carbocycles. The van der Waals surface area contributed by atoms with Gasteiger partial charge in [0.25, 0.3) is 0 Å². The van der Waals surface area contributed by atoms with Crippen LogP contribution in [0.15, 0.2) is 0 Å². The van der Waals surface area contributed by atoms with E-state index in [1.807, 2.05) is 23.0 Å². The van der Waals surface area contributed by atoms with Crippen LogP contribution in [0.3, 0.4) is 0 Å². The van der Waals surface area contributed by atoms with E-state index in [1.165, 1.54) is 32.1 Å². The first-order valence-corrected chi connectivity index (χ1v) is 10.4. The molecule has 0 aromatic rings. The van der Waals surface area contributed by atoms with E-state index in [2.05, 4.69) is 13.8 Å². The highest BCUT2D eigenvalue weighted by molar-refractivity contribution is 14.1. The smallest absolute Gasteiger partial charge is 0.109 e. The molecule has 8 atom stereocenters. The number of aliphatic hydroxyl groups excluding tert-OH is 1. The van der Waals surface area contributed by atoms with Crippen molar-refractivity contribution >= 4 is 23.0 Å². The molecule has 1 spiro atoms. The summed E-state index contributed by atoms with van der Waals surface area (Å²) >= 11 is 1.94. The van der Waals surface area contributed by atoms with Crippen LogP contribution in [0, 0.1) is 34.5 Å². The number of fused-ring (bicyclic) bond motifs is 3. The Morgan fingerprint density at radius 1 is 1.17 bits per heavy atom. The molecule has 4 rings (SSSR count). The fourth-order valence-electron chi connectivity index (χ4n) is 7.72. The summed E-state index contributed by atoms with van der Waals surface area (Å²) in [5.41, 5.74) is 0.0946. The van der Waals surface area contributed by atoms with Crippen LogP contribution in [0.1, 0.15) is 65.2 Å². The van der Waals surface area contributed by atoms with Gasteiger partial charge in [-0.25, -0.2) is 0 Å². The van der Waals surface area contributed by atoms with Gasteiger partial charge in [-0.3, -0.25) is 0 Å². The molecule has 4 heteroatoms. The molecule has 0 amide bonds. The molecule has 4 saturated carbocycles. The maximum Gasteiger partial charge on any atom is 0.109 e. The number of hydrogen-bond acceptors (Lipinski definition) is 3. The Balaban J connectivity index is 1.66. The van der Waals surface area contributed by atoms with Crippen molar-refractivity contribution in [2.45, 2.75) is 76.9 Å². The number of hydrogen-bond donors (Lipinski definition) is 2. The quantitative estimate of drug-likeness (QED) is 0.644. The number of rotatable bonds is 2. The summed E-state index contributed by atoms with van der Waals surface area (Å²) in [5, 5.41) is 21.6. The Morgan fingerprint density at radius 2 is 1.96 bits per heavy atom. The Hall–Kier alpha value is 0.610. The topological polar surface area (TPSA) is 49.7 Å². The first kappa shape index (κ1) is 17.0. The van der Waals surface area contributed by atoms with Crippen LogP contribution in [-0.4, -0.2) is 28.5 Å². The zero-order chi connectivity index (χ0) is 16.5. The van der Waals surface area contributed by atoms with Gasteiger partial charge in [-0.15, -0.1) is 0 Å². The summed E-state index contributed by atoms with van der Waals surface area (Å²) in [4.78, 5) is 0. The molecule has 0 heterocycles. The van der Waals surface area contributed by atoms with Gasteiger partial charge in [0.05, 0.1) is 18.3 Å². The third kappa shape index (κ3) is 2.30. The average Bonchev–Trinajstić information content (AvgIpc) is 2.70. The molecule has 0 aliphatic heterocycles. The lowest BCUT2D eigenvalue weighted by atomic mass is 9.43. The Morgan fingerprint density at radius 3 is 2.70 bits per heavy atom. The molecule has 0 radical (unpaired) electrons. The second-order valence-corrected chi connectivity index (χ2v) is 10.2. The minimum atomic E-state index is -0.598. The number of halogens is 1. The zero-order valence-electron chi connectivity index (χ0n) is 14.4. The first-order valence-electron chi connectivity index (χ1n) is 9.49. The molecule has 3 unspecified atom stereocenters. The monoisotopic (exact) mass is 434 g/mol. The van der Waals surface area contributed by atoms with Crippen molar-refractivity contribution in [1.82, 2.24) is 0 Å². The lowest BCUT2D eigenvalue weighted by molar-refractivity contribution is -0.147. The van der Waals surface area contributed by atoms with Crippen molar-refractivity contribution in [2.24, 2.45) is 34.5 Å². The van der Waals surface area contributed by atoms with E-state index >= 15 is 0 Å². The predicted octanol–water partition coefficient (Wildman–Crippen LogP) is 4.10. The van der Waals surface area contributed by atoms with E-state index in [9.17, 15) is 10.2 Å². The van der Waals surface area contributed by atoms with Crippen molar-refractivity contribution in [1.29, 1.82) is 0 Å². The fraction of sp³-hybridized carbons (Fsp3) is 1.00. The lowest BCUT2D eigenvalue weighted by Gasteiger charge is -2.62. The van der Waals surface area contributed by atoms with E-state index in [0.717, 1.165) is 25.2 Å². The molecular weight excluding hydrogens is 403 g/mol. The van der Waals surface area contributed by atoms with Gasteiger partial charge in [-0.05, 0) is 85.9 Å². The van der Waals surface area contributed by atoms with Gasteiger partial charge in [0, 0.05) is 0 Å². The third-order valence-electron chi connectivity index (χ3n) is 8.74. The Labute approximate surface area is 154 Å². The maximum absolute atomic E-state index is 11.2. The molecule has 0 aromatic heterocycles. The highest BCUT2D eigenvalue weighted by atomic mass is 127. The highest BCUT2D eigenvalue weighted by Crippen LogP contribution is 2.71. The Kier molecular flexibility index (Phi) is 4.11. The van der Waals surface area contributed by atoms with Gasteiger partial charge >= 0.3 is 0 Å². The van der Waals surface area contributed by atoms with Crippen LogP contribution in [0.4, 0.5) is 0 Å². The largest absolute Gasteiger partial charge is 0.393 e. The molecule has 23 heavy (non-hydrogen) atoms. The standard InChI is InChI=1S/C19H31IO3/c1-12-14-5-8-18-9-13(19(22,10-18)11-23-20)3-4-16(18)17(14,2)7-6-15(12)21/h12-16,21-22H,3-11H2,1-2H3/t12-,13-,14?,15?,16?,17-,18+,19+/m1/s1. The third-order valence-corrected chi connectivity index (χ3v) is 9.05. The molecular formula is C19H31IO3. The first-order chi connectivity index (χ1) is 10.8. The van der Waals surface area contributed by atoms with E-state index in [-0.39, 0.29) is 6.10 Å². The van der Waals surface area contributed by atoms with Gasteiger partial charge in [0.1, 0.15) is 23.0 Å². The summed E-state index contributed by atoms with van der Waals surface area (Å²) in [6.45, 7) is 5.27. The summed E-state index contributed by atoms with van der Waals surface area (Å²) < 4.78 is 5.36. The second kappa shape index (κ2) is 5.55. The van der Waals surface area contributed by atoms with Gasteiger partial charge in [-0.1, -0.05) is 13.8 Å². The molecule has 2 bridgehead atoms. The Bertz CT molecular complexity index is 485. The minimum absolute atomic E-state index is 0.105. The van der Waals surface area contributed by atoms with Crippen LogP contribution in [-0.2, 0) is 3.07 Å². The normalized spacial score (nSPS) is 58.6. The fourth-order valence-corrected chi connectivity index (χ4v) is 8.26. The summed E-state index contributed by atoms with van der Waals surface area (Å²) in [6, 6.07) is 0. The van der Waals surface area contributed by atoms with E-state index < -0.39 is 5.60 Å². The van der Waals surface area contributed by atoms with Crippen LogP contribution in [0.5, 0.6) is 0 Å². The van der Waals surface area contributed by atoms with E-state index in [4.69, 9.17) is 3.07 Å². The van der Waals surface area contributed by atoms with E-state index in [1.54, 1.807) is 0 Å². The van der Waals surface area contributed by atoms with E-state index in [0.29, 0.717) is 35.2 Å². The molecule has 4 fully saturated rings. The molecule has 3 nitrogen and oxygen atoms in total. The average molecular weight is 434 g/mol. The summed E-state index contributed by atoms with van der Waals surface area (Å²) in [7, 11) is 0.